The van der Waals surface area contributed by atoms with Crippen molar-refractivity contribution < 1.29 is 14.0 Å². The predicted molar refractivity (Wildman–Crippen MR) is 115 cm³/mol. The molecule has 160 valence electrons. The van der Waals surface area contributed by atoms with Gasteiger partial charge in [0.05, 0.1) is 18.0 Å². The van der Waals surface area contributed by atoms with Crippen molar-refractivity contribution in [3.8, 4) is 0 Å². The zero-order valence-corrected chi connectivity index (χ0v) is 17.8. The molecule has 3 unspecified atom stereocenters. The van der Waals surface area contributed by atoms with Crippen LogP contribution >= 0.6 is 0 Å². The van der Waals surface area contributed by atoms with Gasteiger partial charge in [0.2, 0.25) is 5.91 Å². The van der Waals surface area contributed by atoms with Crippen LogP contribution in [0.2, 0.25) is 0 Å². The lowest BCUT2D eigenvalue weighted by molar-refractivity contribution is -0.127. The summed E-state index contributed by atoms with van der Waals surface area (Å²) in [7, 11) is 0. The van der Waals surface area contributed by atoms with Gasteiger partial charge in [0.1, 0.15) is 5.82 Å². The highest BCUT2D eigenvalue weighted by molar-refractivity contribution is 5.81. The van der Waals surface area contributed by atoms with Crippen molar-refractivity contribution in [2.45, 2.75) is 51.7 Å². The number of nitrogens with one attached hydrogen (secondary N) is 2. The van der Waals surface area contributed by atoms with Crippen molar-refractivity contribution in [1.82, 2.24) is 15.5 Å². The maximum atomic E-state index is 13.4. The highest BCUT2D eigenvalue weighted by Gasteiger charge is 2.36. The zero-order chi connectivity index (χ0) is 21.7. The quantitative estimate of drug-likeness (QED) is 0.757. The fraction of sp³-hybridized carbons (Fsp3) is 0.417. The zero-order valence-electron chi connectivity index (χ0n) is 17.8. The monoisotopic (exact) mass is 411 g/mol. The first-order valence-corrected chi connectivity index (χ1v) is 10.5. The second kappa shape index (κ2) is 9.74. The van der Waals surface area contributed by atoms with E-state index in [1.54, 1.807) is 17.0 Å². The SMILES string of the molecule is CC(C)NC(=O)N1CC(C(=O)NC(C)c2ccccc2)CCC1c1ccc(F)cc1. The maximum Gasteiger partial charge on any atom is 0.318 e. The molecule has 2 N–H and O–H groups in total. The molecule has 0 aliphatic carbocycles. The number of amides is 3. The lowest BCUT2D eigenvalue weighted by Crippen LogP contribution is -2.51. The van der Waals surface area contributed by atoms with E-state index in [2.05, 4.69) is 10.6 Å². The van der Waals surface area contributed by atoms with Crippen LogP contribution in [0.15, 0.2) is 54.6 Å². The van der Waals surface area contributed by atoms with Crippen LogP contribution in [0.5, 0.6) is 0 Å². The van der Waals surface area contributed by atoms with Gasteiger partial charge in [-0.05, 0) is 56.9 Å². The second-order valence-corrected chi connectivity index (χ2v) is 8.24. The molecule has 1 fully saturated rings. The average molecular weight is 412 g/mol. The first-order chi connectivity index (χ1) is 14.3. The first kappa shape index (κ1) is 21.8. The number of nitrogens with zero attached hydrogens (tertiary/aromatic N) is 1. The van der Waals surface area contributed by atoms with Crippen LogP contribution in [0.1, 0.15) is 56.8 Å². The highest BCUT2D eigenvalue weighted by atomic mass is 19.1. The molecule has 2 aromatic rings. The van der Waals surface area contributed by atoms with Crippen LogP contribution in [0.25, 0.3) is 0 Å². The highest BCUT2D eigenvalue weighted by Crippen LogP contribution is 2.34. The Kier molecular flexibility index (Phi) is 7.08. The van der Waals surface area contributed by atoms with Gasteiger partial charge in [-0.2, -0.15) is 0 Å². The summed E-state index contributed by atoms with van der Waals surface area (Å²) < 4.78 is 13.4. The molecule has 2 aromatic carbocycles. The number of carbonyl (C=O) groups excluding carboxylic acids is 2. The van der Waals surface area contributed by atoms with Gasteiger partial charge >= 0.3 is 6.03 Å². The number of hydrogen-bond donors (Lipinski definition) is 2. The Morgan fingerprint density at radius 1 is 0.967 bits per heavy atom. The van der Waals surface area contributed by atoms with Crippen LogP contribution in [0, 0.1) is 11.7 Å². The molecule has 1 aliphatic rings. The summed E-state index contributed by atoms with van der Waals surface area (Å²) in [6, 6.07) is 15.6. The fourth-order valence-corrected chi connectivity index (χ4v) is 3.93. The first-order valence-electron chi connectivity index (χ1n) is 10.5. The number of hydrogen-bond acceptors (Lipinski definition) is 2. The number of urea groups is 1. The Bertz CT molecular complexity index is 855. The molecule has 0 spiro atoms. The smallest absolute Gasteiger partial charge is 0.318 e. The van der Waals surface area contributed by atoms with Crippen LogP contribution in [-0.2, 0) is 4.79 Å². The molecule has 5 nitrogen and oxygen atoms in total. The van der Waals surface area contributed by atoms with E-state index >= 15 is 0 Å². The molecule has 0 bridgehead atoms. The van der Waals surface area contributed by atoms with Crippen molar-refractivity contribution in [3.63, 3.8) is 0 Å². The minimum atomic E-state index is -0.306. The van der Waals surface area contributed by atoms with Crippen LogP contribution in [0.4, 0.5) is 9.18 Å². The Morgan fingerprint density at radius 3 is 2.27 bits per heavy atom. The van der Waals surface area contributed by atoms with E-state index in [1.165, 1.54) is 12.1 Å². The molecule has 1 saturated heterocycles. The third-order valence-electron chi connectivity index (χ3n) is 5.54. The van der Waals surface area contributed by atoms with Gasteiger partial charge in [-0.1, -0.05) is 42.5 Å². The molecule has 0 radical (unpaired) electrons. The van der Waals surface area contributed by atoms with Gasteiger partial charge in [0.25, 0.3) is 0 Å². The van der Waals surface area contributed by atoms with E-state index in [1.807, 2.05) is 51.1 Å². The van der Waals surface area contributed by atoms with Gasteiger partial charge in [0, 0.05) is 12.6 Å². The Hall–Kier alpha value is -2.89. The molecule has 0 saturated carbocycles. The summed E-state index contributed by atoms with van der Waals surface area (Å²) in [6.07, 6.45) is 1.32. The molecule has 30 heavy (non-hydrogen) atoms. The van der Waals surface area contributed by atoms with Gasteiger partial charge in [-0.15, -0.1) is 0 Å². The standard InChI is InChI=1S/C24H30FN3O2/c1-16(2)26-24(30)28-15-20(11-14-22(28)19-9-12-21(25)13-10-19)23(29)27-17(3)18-7-5-4-6-8-18/h4-10,12-13,16-17,20,22H,11,14-15H2,1-3H3,(H,26,30)(H,27,29). The molecular weight excluding hydrogens is 381 g/mol. The third kappa shape index (κ3) is 5.38. The summed E-state index contributed by atoms with van der Waals surface area (Å²) in [4.78, 5) is 27.5. The minimum absolute atomic E-state index is 0.0151. The molecule has 3 amide bonds. The Balaban J connectivity index is 1.73. The Morgan fingerprint density at radius 2 is 1.63 bits per heavy atom. The van der Waals surface area contributed by atoms with Crippen LogP contribution < -0.4 is 10.6 Å². The van der Waals surface area contributed by atoms with E-state index in [9.17, 15) is 14.0 Å². The third-order valence-corrected chi connectivity index (χ3v) is 5.54. The van der Waals surface area contributed by atoms with Gasteiger partial charge in [-0.3, -0.25) is 4.79 Å². The topological polar surface area (TPSA) is 61.4 Å². The summed E-state index contributed by atoms with van der Waals surface area (Å²) in [5, 5.41) is 6.01. The normalized spacial score (nSPS) is 20.0. The molecule has 1 aliphatic heterocycles. The number of carbonyl (C=O) groups is 2. The summed E-state index contributed by atoms with van der Waals surface area (Å²) in [5.41, 5.74) is 1.92. The largest absolute Gasteiger partial charge is 0.349 e. The second-order valence-electron chi connectivity index (χ2n) is 8.24. The van der Waals surface area contributed by atoms with Crippen LogP contribution in [0.3, 0.4) is 0 Å². The summed E-state index contributed by atoms with van der Waals surface area (Å²) >= 11 is 0. The Labute approximate surface area is 177 Å². The molecule has 1 heterocycles. The molecule has 6 heteroatoms. The van der Waals surface area contributed by atoms with Crippen molar-refractivity contribution in [2.24, 2.45) is 5.92 Å². The number of halogens is 1. The van der Waals surface area contributed by atoms with E-state index in [0.717, 1.165) is 11.1 Å². The fourth-order valence-electron chi connectivity index (χ4n) is 3.93. The van der Waals surface area contributed by atoms with Crippen LogP contribution in [-0.4, -0.2) is 29.4 Å². The van der Waals surface area contributed by atoms with Crippen molar-refractivity contribution >= 4 is 11.9 Å². The average Bonchev–Trinajstić information content (AvgIpc) is 2.74. The molecule has 3 rings (SSSR count). The van der Waals surface area contributed by atoms with Crippen molar-refractivity contribution in [2.75, 3.05) is 6.54 Å². The number of benzene rings is 2. The van der Waals surface area contributed by atoms with E-state index < -0.39 is 0 Å². The van der Waals surface area contributed by atoms with Crippen molar-refractivity contribution in [1.29, 1.82) is 0 Å². The van der Waals surface area contributed by atoms with Crippen molar-refractivity contribution in [3.05, 3.63) is 71.5 Å². The van der Waals surface area contributed by atoms with E-state index in [0.29, 0.717) is 19.4 Å². The van der Waals surface area contributed by atoms with Gasteiger partial charge in [0.15, 0.2) is 0 Å². The summed E-state index contributed by atoms with van der Waals surface area (Å²) in [5.74, 6) is -0.642. The van der Waals surface area contributed by atoms with E-state index in [-0.39, 0.29) is 41.8 Å². The molecule has 3 atom stereocenters. The number of likely N-dealkylation sites (tertiary alicyclic amines) is 1. The lowest BCUT2D eigenvalue weighted by atomic mass is 9.88. The molecule has 0 aromatic heterocycles. The van der Waals surface area contributed by atoms with E-state index in [4.69, 9.17) is 0 Å². The predicted octanol–water partition coefficient (Wildman–Crippen LogP) is 4.57. The molecular formula is C24H30FN3O2. The number of rotatable bonds is 5. The summed E-state index contributed by atoms with van der Waals surface area (Å²) in [6.45, 7) is 6.09. The van der Waals surface area contributed by atoms with Gasteiger partial charge in [-0.25, -0.2) is 9.18 Å². The minimum Gasteiger partial charge on any atom is -0.349 e. The maximum absolute atomic E-state index is 13.4. The number of piperidine rings is 1. The van der Waals surface area contributed by atoms with Gasteiger partial charge < -0.3 is 15.5 Å². The lowest BCUT2D eigenvalue weighted by Gasteiger charge is -2.40.